The summed E-state index contributed by atoms with van der Waals surface area (Å²) in [6, 6.07) is 21.2. The minimum atomic E-state index is 0.557. The molecule has 1 N–H and O–H groups in total. The van der Waals surface area contributed by atoms with Gasteiger partial charge in [0.1, 0.15) is 11.5 Å². The first-order chi connectivity index (χ1) is 13.7. The minimum absolute atomic E-state index is 0.557. The molecule has 0 radical (unpaired) electrons. The average Bonchev–Trinajstić information content (AvgIpc) is 2.71. The van der Waals surface area contributed by atoms with Crippen LogP contribution in [0.2, 0.25) is 0 Å². The number of ether oxygens (including phenoxy) is 2. The van der Waals surface area contributed by atoms with Crippen molar-refractivity contribution in [2.75, 3.05) is 11.9 Å². The van der Waals surface area contributed by atoms with E-state index in [1.807, 2.05) is 67.6 Å². The van der Waals surface area contributed by atoms with E-state index < -0.39 is 0 Å². The molecule has 0 amide bonds. The summed E-state index contributed by atoms with van der Waals surface area (Å²) >= 11 is 0. The van der Waals surface area contributed by atoms with Crippen molar-refractivity contribution in [3.05, 3.63) is 78.5 Å². The summed E-state index contributed by atoms with van der Waals surface area (Å²) in [6.45, 7) is 4.94. The Bertz CT molecular complexity index is 1100. The minimum Gasteiger partial charge on any atom is -0.439 e. The van der Waals surface area contributed by atoms with Crippen LogP contribution in [-0.4, -0.2) is 16.5 Å². The zero-order valence-electron chi connectivity index (χ0n) is 15.8. The maximum absolute atomic E-state index is 5.95. The van der Waals surface area contributed by atoms with Crippen LogP contribution in [0.25, 0.3) is 10.9 Å². The van der Waals surface area contributed by atoms with E-state index in [-0.39, 0.29) is 0 Å². The lowest BCUT2D eigenvalue weighted by Gasteiger charge is -2.11. The highest BCUT2D eigenvalue weighted by molar-refractivity contribution is 5.82. The normalized spacial score (nSPS) is 10.6. The van der Waals surface area contributed by atoms with Crippen molar-refractivity contribution in [1.29, 1.82) is 0 Å². The number of pyridine rings is 2. The number of aryl methyl sites for hydroxylation is 1. The third-order valence-corrected chi connectivity index (χ3v) is 4.27. The summed E-state index contributed by atoms with van der Waals surface area (Å²) in [6.07, 6.45) is 1.70. The fourth-order valence-corrected chi connectivity index (χ4v) is 2.92. The highest BCUT2D eigenvalue weighted by Gasteiger charge is 2.07. The van der Waals surface area contributed by atoms with Gasteiger partial charge in [-0.2, -0.15) is 0 Å². The van der Waals surface area contributed by atoms with Gasteiger partial charge in [0.2, 0.25) is 11.8 Å². The Kier molecular flexibility index (Phi) is 5.06. The first-order valence-electron chi connectivity index (χ1n) is 9.23. The fraction of sp³-hybridized carbons (Fsp3) is 0.130. The Labute approximate surface area is 164 Å². The predicted molar refractivity (Wildman–Crippen MR) is 111 cm³/mol. The van der Waals surface area contributed by atoms with Crippen molar-refractivity contribution < 1.29 is 9.47 Å². The molecule has 5 heteroatoms. The number of hydrogen-bond donors (Lipinski definition) is 1. The monoisotopic (exact) mass is 371 g/mol. The van der Waals surface area contributed by atoms with Crippen LogP contribution in [0.4, 0.5) is 5.69 Å². The third-order valence-electron chi connectivity index (χ3n) is 4.27. The van der Waals surface area contributed by atoms with E-state index >= 15 is 0 Å². The standard InChI is InChI=1S/C23H21N3O2/c1-3-24-18-8-10-20-17(15-18)7-12-23(26-20)27-19-9-11-21(16(2)14-19)28-22-6-4-5-13-25-22/h4-15,24H,3H2,1-2H3. The van der Waals surface area contributed by atoms with Gasteiger partial charge in [0, 0.05) is 35.9 Å². The van der Waals surface area contributed by atoms with Crippen LogP contribution in [-0.2, 0) is 0 Å². The molecule has 2 aromatic carbocycles. The highest BCUT2D eigenvalue weighted by Crippen LogP contribution is 2.30. The van der Waals surface area contributed by atoms with Gasteiger partial charge in [-0.3, -0.25) is 0 Å². The Morgan fingerprint density at radius 3 is 2.61 bits per heavy atom. The van der Waals surface area contributed by atoms with E-state index in [0.717, 1.165) is 34.4 Å². The second-order valence-electron chi connectivity index (χ2n) is 6.39. The largest absolute Gasteiger partial charge is 0.439 e. The molecule has 0 aliphatic carbocycles. The molecular formula is C23H21N3O2. The van der Waals surface area contributed by atoms with E-state index in [9.17, 15) is 0 Å². The van der Waals surface area contributed by atoms with Crippen molar-refractivity contribution in [2.24, 2.45) is 0 Å². The molecular weight excluding hydrogens is 350 g/mol. The fourth-order valence-electron chi connectivity index (χ4n) is 2.92. The molecule has 0 aliphatic rings. The summed E-state index contributed by atoms with van der Waals surface area (Å²) in [4.78, 5) is 8.78. The molecule has 4 aromatic rings. The second kappa shape index (κ2) is 7.96. The predicted octanol–water partition coefficient (Wildman–Crippen LogP) is 5.95. The number of aromatic nitrogens is 2. The first kappa shape index (κ1) is 17.8. The van der Waals surface area contributed by atoms with Gasteiger partial charge in [-0.25, -0.2) is 9.97 Å². The molecule has 2 aromatic heterocycles. The van der Waals surface area contributed by atoms with Crippen molar-refractivity contribution >= 4 is 16.6 Å². The highest BCUT2D eigenvalue weighted by atomic mass is 16.5. The van der Waals surface area contributed by atoms with Gasteiger partial charge in [-0.1, -0.05) is 6.07 Å². The van der Waals surface area contributed by atoms with E-state index in [2.05, 4.69) is 28.3 Å². The zero-order chi connectivity index (χ0) is 19.3. The quantitative estimate of drug-likeness (QED) is 0.453. The van der Waals surface area contributed by atoms with Gasteiger partial charge in [-0.05, 0) is 67.9 Å². The van der Waals surface area contributed by atoms with Crippen LogP contribution < -0.4 is 14.8 Å². The Morgan fingerprint density at radius 2 is 1.82 bits per heavy atom. The zero-order valence-corrected chi connectivity index (χ0v) is 15.8. The molecule has 0 aliphatic heterocycles. The lowest BCUT2D eigenvalue weighted by atomic mass is 10.2. The van der Waals surface area contributed by atoms with Gasteiger partial charge < -0.3 is 14.8 Å². The average molecular weight is 371 g/mol. The molecule has 28 heavy (non-hydrogen) atoms. The number of fused-ring (bicyclic) bond motifs is 1. The molecule has 0 atom stereocenters. The molecule has 0 unspecified atom stereocenters. The molecule has 0 fully saturated rings. The lowest BCUT2D eigenvalue weighted by molar-refractivity contribution is 0.448. The molecule has 0 spiro atoms. The number of hydrogen-bond acceptors (Lipinski definition) is 5. The number of nitrogens with one attached hydrogen (secondary N) is 1. The number of anilines is 1. The number of benzene rings is 2. The molecule has 140 valence electrons. The Hall–Kier alpha value is -3.60. The second-order valence-corrected chi connectivity index (χ2v) is 6.39. The van der Waals surface area contributed by atoms with Gasteiger partial charge >= 0.3 is 0 Å². The topological polar surface area (TPSA) is 56.3 Å². The summed E-state index contributed by atoms with van der Waals surface area (Å²) in [5.74, 6) is 2.57. The Morgan fingerprint density at radius 1 is 0.893 bits per heavy atom. The number of rotatable bonds is 6. The van der Waals surface area contributed by atoms with Crippen LogP contribution in [0.15, 0.2) is 72.9 Å². The molecule has 5 nitrogen and oxygen atoms in total. The van der Waals surface area contributed by atoms with Crippen LogP contribution in [0, 0.1) is 6.92 Å². The SMILES string of the molecule is CCNc1ccc2nc(Oc3ccc(Oc4ccccn4)c(C)c3)ccc2c1. The van der Waals surface area contributed by atoms with Gasteiger partial charge in [0.05, 0.1) is 5.52 Å². The van der Waals surface area contributed by atoms with E-state index in [4.69, 9.17) is 9.47 Å². The van der Waals surface area contributed by atoms with Gasteiger partial charge in [0.15, 0.2) is 0 Å². The summed E-state index contributed by atoms with van der Waals surface area (Å²) in [5, 5.41) is 4.38. The number of nitrogens with zero attached hydrogens (tertiary/aromatic N) is 2. The van der Waals surface area contributed by atoms with Crippen LogP contribution in [0.3, 0.4) is 0 Å². The van der Waals surface area contributed by atoms with E-state index in [0.29, 0.717) is 17.5 Å². The maximum atomic E-state index is 5.95. The summed E-state index contributed by atoms with van der Waals surface area (Å²) < 4.78 is 11.8. The summed E-state index contributed by atoms with van der Waals surface area (Å²) in [7, 11) is 0. The Balaban J connectivity index is 1.52. The molecule has 0 saturated heterocycles. The van der Waals surface area contributed by atoms with Crippen molar-refractivity contribution in [1.82, 2.24) is 9.97 Å². The van der Waals surface area contributed by atoms with Crippen molar-refractivity contribution in [3.8, 4) is 23.3 Å². The van der Waals surface area contributed by atoms with E-state index in [1.54, 1.807) is 6.20 Å². The van der Waals surface area contributed by atoms with Crippen LogP contribution in [0.5, 0.6) is 23.3 Å². The molecule has 0 bridgehead atoms. The summed E-state index contributed by atoms with van der Waals surface area (Å²) in [5.41, 5.74) is 2.94. The molecule has 2 heterocycles. The van der Waals surface area contributed by atoms with E-state index in [1.165, 1.54) is 0 Å². The maximum Gasteiger partial charge on any atom is 0.219 e. The smallest absolute Gasteiger partial charge is 0.219 e. The van der Waals surface area contributed by atoms with Crippen LogP contribution >= 0.6 is 0 Å². The molecule has 0 saturated carbocycles. The van der Waals surface area contributed by atoms with Crippen LogP contribution in [0.1, 0.15) is 12.5 Å². The third kappa shape index (κ3) is 4.04. The first-order valence-corrected chi connectivity index (χ1v) is 9.23. The van der Waals surface area contributed by atoms with Gasteiger partial charge in [0.25, 0.3) is 0 Å². The van der Waals surface area contributed by atoms with Crippen molar-refractivity contribution in [2.45, 2.75) is 13.8 Å². The van der Waals surface area contributed by atoms with Gasteiger partial charge in [-0.15, -0.1) is 0 Å². The van der Waals surface area contributed by atoms with Crippen molar-refractivity contribution in [3.63, 3.8) is 0 Å². The molecule has 4 rings (SSSR count). The lowest BCUT2D eigenvalue weighted by Crippen LogP contribution is -1.96.